The van der Waals surface area contributed by atoms with Crippen LogP contribution in [0.3, 0.4) is 0 Å². The van der Waals surface area contributed by atoms with Crippen molar-refractivity contribution < 1.29 is 9.18 Å². The Bertz CT molecular complexity index is 854. The maximum absolute atomic E-state index is 13.7. The molecule has 3 rings (SSSR count). The highest BCUT2D eigenvalue weighted by Gasteiger charge is 2.15. The van der Waals surface area contributed by atoms with E-state index in [1.807, 2.05) is 30.3 Å². The number of para-hydroxylation sites is 2. The molecule has 24 heavy (non-hydrogen) atoms. The average Bonchev–Trinajstić information content (AvgIpc) is 2.63. The van der Waals surface area contributed by atoms with Gasteiger partial charge in [-0.25, -0.2) is 14.4 Å². The maximum Gasteiger partial charge on any atom is 0.276 e. The van der Waals surface area contributed by atoms with Gasteiger partial charge in [0.05, 0.1) is 5.69 Å². The highest BCUT2D eigenvalue weighted by molar-refractivity contribution is 6.04. The summed E-state index contributed by atoms with van der Waals surface area (Å²) in [5.41, 5.74) is 1.22. The second-order valence-electron chi connectivity index (χ2n) is 5.07. The van der Waals surface area contributed by atoms with Gasteiger partial charge < -0.3 is 10.2 Å². The predicted octanol–water partition coefficient (Wildman–Crippen LogP) is 3.64. The van der Waals surface area contributed by atoms with Gasteiger partial charge in [-0.3, -0.25) is 4.79 Å². The molecule has 0 saturated heterocycles. The zero-order valence-electron chi connectivity index (χ0n) is 13.0. The Balaban J connectivity index is 1.82. The van der Waals surface area contributed by atoms with Crippen LogP contribution in [0.15, 0.2) is 66.9 Å². The lowest BCUT2D eigenvalue weighted by atomic mass is 10.2. The molecule has 1 aromatic heterocycles. The lowest BCUT2D eigenvalue weighted by Crippen LogP contribution is -2.27. The number of amides is 1. The van der Waals surface area contributed by atoms with Crippen LogP contribution in [0.4, 0.5) is 21.7 Å². The van der Waals surface area contributed by atoms with Crippen LogP contribution >= 0.6 is 0 Å². The van der Waals surface area contributed by atoms with Crippen molar-refractivity contribution in [1.82, 2.24) is 9.97 Å². The summed E-state index contributed by atoms with van der Waals surface area (Å²) in [5, 5.41) is 2.78. The fourth-order valence-electron chi connectivity index (χ4n) is 2.16. The number of anilines is 3. The minimum absolute atomic E-state index is 0.160. The van der Waals surface area contributed by atoms with Gasteiger partial charge in [0.2, 0.25) is 5.95 Å². The first-order valence-electron chi connectivity index (χ1n) is 7.33. The largest absolute Gasteiger partial charge is 0.322 e. The van der Waals surface area contributed by atoms with E-state index in [9.17, 15) is 9.18 Å². The number of carbonyl (C=O) groups excluding carboxylic acids is 1. The fourth-order valence-corrected chi connectivity index (χ4v) is 2.16. The van der Waals surface area contributed by atoms with Crippen LogP contribution in [0.25, 0.3) is 0 Å². The third-order valence-electron chi connectivity index (χ3n) is 3.44. The van der Waals surface area contributed by atoms with Gasteiger partial charge in [-0.1, -0.05) is 30.3 Å². The minimum atomic E-state index is -0.417. The summed E-state index contributed by atoms with van der Waals surface area (Å²) in [7, 11) is 1.67. The van der Waals surface area contributed by atoms with E-state index in [1.165, 1.54) is 23.2 Å². The molecule has 0 aliphatic carbocycles. The molecule has 0 radical (unpaired) electrons. The van der Waals surface area contributed by atoms with Crippen molar-refractivity contribution in [2.24, 2.45) is 0 Å². The molecule has 120 valence electrons. The molecule has 1 N–H and O–H groups in total. The van der Waals surface area contributed by atoms with Gasteiger partial charge in [-0.15, -0.1) is 0 Å². The Hall–Kier alpha value is -3.28. The lowest BCUT2D eigenvalue weighted by molar-refractivity contribution is 0.0988. The Morgan fingerprint density at radius 3 is 2.50 bits per heavy atom. The summed E-state index contributed by atoms with van der Waals surface area (Å²) in [6.45, 7) is 0. The number of nitrogens with zero attached hydrogens (tertiary/aromatic N) is 3. The predicted molar refractivity (Wildman–Crippen MR) is 90.9 cm³/mol. The van der Waals surface area contributed by atoms with Gasteiger partial charge in [-0.2, -0.15) is 0 Å². The van der Waals surface area contributed by atoms with Gasteiger partial charge >= 0.3 is 0 Å². The highest BCUT2D eigenvalue weighted by atomic mass is 19.1. The van der Waals surface area contributed by atoms with Crippen LogP contribution in [-0.4, -0.2) is 22.9 Å². The first-order chi connectivity index (χ1) is 11.6. The van der Waals surface area contributed by atoms with E-state index in [0.717, 1.165) is 5.69 Å². The zero-order valence-corrected chi connectivity index (χ0v) is 13.0. The molecule has 0 atom stereocenters. The van der Waals surface area contributed by atoms with Crippen molar-refractivity contribution in [2.75, 3.05) is 17.3 Å². The van der Waals surface area contributed by atoms with Gasteiger partial charge in [0, 0.05) is 18.9 Å². The summed E-state index contributed by atoms with van der Waals surface area (Å²) >= 11 is 0. The van der Waals surface area contributed by atoms with Crippen LogP contribution < -0.4 is 10.2 Å². The second-order valence-corrected chi connectivity index (χ2v) is 5.07. The molecule has 0 aliphatic heterocycles. The number of hydrogen-bond acceptors (Lipinski definition) is 4. The minimum Gasteiger partial charge on any atom is -0.322 e. The van der Waals surface area contributed by atoms with E-state index in [4.69, 9.17) is 0 Å². The second kappa shape index (κ2) is 6.87. The molecule has 0 fully saturated rings. The first kappa shape index (κ1) is 15.6. The van der Waals surface area contributed by atoms with E-state index < -0.39 is 5.82 Å². The molecule has 5 nitrogen and oxygen atoms in total. The van der Waals surface area contributed by atoms with E-state index in [2.05, 4.69) is 15.3 Å². The van der Waals surface area contributed by atoms with Gasteiger partial charge in [0.25, 0.3) is 5.91 Å². The summed E-state index contributed by atoms with van der Waals surface area (Å²) < 4.78 is 13.7. The number of benzene rings is 2. The zero-order chi connectivity index (χ0) is 16.9. The molecule has 1 heterocycles. The third-order valence-corrected chi connectivity index (χ3v) is 3.44. The molecule has 0 aliphatic rings. The van der Waals surface area contributed by atoms with Crippen molar-refractivity contribution in [1.29, 1.82) is 0 Å². The van der Waals surface area contributed by atoms with Crippen LogP contribution in [-0.2, 0) is 0 Å². The molecule has 0 spiro atoms. The van der Waals surface area contributed by atoms with E-state index in [1.54, 1.807) is 25.2 Å². The van der Waals surface area contributed by atoms with Gasteiger partial charge in [0.15, 0.2) is 0 Å². The highest BCUT2D eigenvalue weighted by Crippen LogP contribution is 2.18. The molecule has 3 aromatic rings. The number of rotatable bonds is 4. The normalized spacial score (nSPS) is 10.2. The Morgan fingerprint density at radius 2 is 1.75 bits per heavy atom. The van der Waals surface area contributed by atoms with Crippen molar-refractivity contribution >= 4 is 23.2 Å². The van der Waals surface area contributed by atoms with Crippen molar-refractivity contribution in [3.63, 3.8) is 0 Å². The number of halogens is 1. The van der Waals surface area contributed by atoms with Crippen LogP contribution in [0.2, 0.25) is 0 Å². The van der Waals surface area contributed by atoms with Crippen molar-refractivity contribution in [3.8, 4) is 0 Å². The fraction of sp³-hybridized carbons (Fsp3) is 0.0556. The van der Waals surface area contributed by atoms with E-state index >= 15 is 0 Å². The van der Waals surface area contributed by atoms with E-state index in [0.29, 0.717) is 0 Å². The molecule has 6 heteroatoms. The molecule has 0 bridgehead atoms. The smallest absolute Gasteiger partial charge is 0.276 e. The number of nitrogens with one attached hydrogen (secondary N) is 1. The monoisotopic (exact) mass is 322 g/mol. The van der Waals surface area contributed by atoms with Crippen molar-refractivity contribution in [2.45, 2.75) is 0 Å². The Labute approximate surface area is 138 Å². The van der Waals surface area contributed by atoms with E-state index in [-0.39, 0.29) is 23.2 Å². The summed E-state index contributed by atoms with van der Waals surface area (Å²) in [5.74, 6) is -0.535. The Morgan fingerprint density at radius 1 is 1.04 bits per heavy atom. The average molecular weight is 322 g/mol. The molecule has 1 amide bonds. The van der Waals surface area contributed by atoms with Crippen molar-refractivity contribution in [3.05, 3.63) is 78.4 Å². The number of hydrogen-bond donors (Lipinski definition) is 1. The Kier molecular flexibility index (Phi) is 4.47. The third kappa shape index (κ3) is 3.38. The quantitative estimate of drug-likeness (QED) is 0.797. The summed E-state index contributed by atoms with van der Waals surface area (Å²) in [4.78, 5) is 22.3. The molecule has 0 saturated carbocycles. The lowest BCUT2D eigenvalue weighted by Gasteiger charge is -2.17. The number of carbonyl (C=O) groups is 1. The van der Waals surface area contributed by atoms with Gasteiger partial charge in [-0.05, 0) is 30.3 Å². The van der Waals surface area contributed by atoms with Crippen LogP contribution in [0.1, 0.15) is 10.5 Å². The molecule has 2 aromatic carbocycles. The van der Waals surface area contributed by atoms with Crippen LogP contribution in [0, 0.1) is 5.82 Å². The molecule has 0 unspecified atom stereocenters. The molecular formula is C18H15FN4O. The van der Waals surface area contributed by atoms with Gasteiger partial charge in [0.1, 0.15) is 11.5 Å². The SMILES string of the molecule is CN(C(=O)c1ccnc(Nc2ccccc2F)n1)c1ccccc1. The maximum atomic E-state index is 13.7. The standard InChI is InChI=1S/C18H15FN4O/c1-23(13-7-3-2-4-8-13)17(24)16-11-12-20-18(22-16)21-15-10-6-5-9-14(15)19/h2-12H,1H3,(H,20,21,22). The first-order valence-corrected chi connectivity index (χ1v) is 7.33. The summed E-state index contributed by atoms with van der Waals surface area (Å²) in [6.07, 6.45) is 1.46. The topological polar surface area (TPSA) is 58.1 Å². The molecular weight excluding hydrogens is 307 g/mol. The summed E-state index contributed by atoms with van der Waals surface area (Å²) in [6, 6.07) is 17.0. The van der Waals surface area contributed by atoms with Crippen LogP contribution in [0.5, 0.6) is 0 Å². The number of aromatic nitrogens is 2.